The number of para-hydroxylation sites is 2. The van der Waals surface area contributed by atoms with Gasteiger partial charge in [-0.2, -0.15) is 4.73 Å². The van der Waals surface area contributed by atoms with Gasteiger partial charge in [0, 0.05) is 6.07 Å². The number of aromatic nitrogens is 2. The first kappa shape index (κ1) is 18.4. The Hall–Kier alpha value is -3.94. The van der Waals surface area contributed by atoms with Crippen LogP contribution in [0.15, 0.2) is 70.1 Å². The van der Waals surface area contributed by atoms with Crippen molar-refractivity contribution in [3.05, 3.63) is 82.0 Å². The lowest BCUT2D eigenvalue weighted by molar-refractivity contribution is -0.567. The first-order chi connectivity index (χ1) is 14.1. The summed E-state index contributed by atoms with van der Waals surface area (Å²) in [5, 5.41) is 12.8. The molecule has 0 atom stereocenters. The highest BCUT2D eigenvalue weighted by Gasteiger charge is 2.25. The molecule has 148 valence electrons. The van der Waals surface area contributed by atoms with Gasteiger partial charge in [0.25, 0.3) is 0 Å². The third-order valence-corrected chi connectivity index (χ3v) is 4.47. The Morgan fingerprint density at radius 3 is 2.55 bits per heavy atom. The van der Waals surface area contributed by atoms with Crippen molar-refractivity contribution in [2.75, 3.05) is 14.2 Å². The van der Waals surface area contributed by atoms with E-state index in [0.717, 1.165) is 10.3 Å². The van der Waals surface area contributed by atoms with Gasteiger partial charge >= 0.3 is 11.3 Å². The van der Waals surface area contributed by atoms with Gasteiger partial charge in [0.05, 0.1) is 20.5 Å². The van der Waals surface area contributed by atoms with Gasteiger partial charge in [0.2, 0.25) is 11.3 Å². The van der Waals surface area contributed by atoms with Crippen LogP contribution < -0.4 is 24.6 Å². The van der Waals surface area contributed by atoms with Gasteiger partial charge in [-0.3, -0.25) is 4.79 Å². The van der Waals surface area contributed by atoms with Crippen LogP contribution in [0.25, 0.3) is 22.5 Å². The van der Waals surface area contributed by atoms with E-state index < -0.39 is 5.56 Å². The summed E-state index contributed by atoms with van der Waals surface area (Å²) in [6.07, 6.45) is 1.40. The zero-order chi connectivity index (χ0) is 20.4. The second kappa shape index (κ2) is 7.59. The number of hydrogen-bond acceptors (Lipinski definition) is 6. The van der Waals surface area contributed by atoms with E-state index in [9.17, 15) is 10.0 Å². The Morgan fingerprint density at radius 1 is 1.03 bits per heavy atom. The summed E-state index contributed by atoms with van der Waals surface area (Å²) in [4.78, 5) is 18.9. The molecule has 0 fully saturated rings. The van der Waals surface area contributed by atoms with Crippen molar-refractivity contribution < 1.29 is 23.5 Å². The summed E-state index contributed by atoms with van der Waals surface area (Å²) in [5.41, 5.74) is 0.626. The minimum absolute atomic E-state index is 0.0741. The van der Waals surface area contributed by atoms with E-state index in [2.05, 4.69) is 0 Å². The Kier molecular flexibility index (Phi) is 4.82. The largest absolute Gasteiger partial charge is 0.618 e. The van der Waals surface area contributed by atoms with Gasteiger partial charge in [-0.25, -0.2) is 0 Å². The first-order valence-electron chi connectivity index (χ1n) is 8.79. The molecule has 0 aliphatic rings. The number of benzene rings is 2. The standard InChI is InChI=1S/C21H18N2O6/c1-26-17-10-9-14(12-19(17)27-2)13-29-23-16-7-4-3-6-15(16)22(25)20(21(23)24)18-8-5-11-28-18/h3-12H,13H2,1-2H3. The maximum Gasteiger partial charge on any atom is 0.361 e. The second-order valence-corrected chi connectivity index (χ2v) is 6.17. The number of nitrogens with zero attached hydrogens (tertiary/aromatic N) is 2. The molecular weight excluding hydrogens is 376 g/mol. The van der Waals surface area contributed by atoms with Crippen molar-refractivity contribution in [3.63, 3.8) is 0 Å². The van der Waals surface area contributed by atoms with E-state index >= 15 is 0 Å². The van der Waals surface area contributed by atoms with Crippen LogP contribution >= 0.6 is 0 Å². The molecule has 0 unspecified atom stereocenters. The van der Waals surface area contributed by atoms with E-state index in [-0.39, 0.29) is 23.6 Å². The van der Waals surface area contributed by atoms with E-state index in [1.54, 1.807) is 68.8 Å². The van der Waals surface area contributed by atoms with E-state index in [4.69, 9.17) is 18.7 Å². The monoisotopic (exact) mass is 394 g/mol. The maximum atomic E-state index is 13.1. The molecular formula is C21H18N2O6. The van der Waals surface area contributed by atoms with Gasteiger partial charge < -0.3 is 23.9 Å². The summed E-state index contributed by atoms with van der Waals surface area (Å²) in [5.74, 6) is 1.30. The van der Waals surface area contributed by atoms with Crippen molar-refractivity contribution in [2.45, 2.75) is 6.61 Å². The summed E-state index contributed by atoms with van der Waals surface area (Å²) < 4.78 is 17.5. The third-order valence-electron chi connectivity index (χ3n) is 4.47. The zero-order valence-corrected chi connectivity index (χ0v) is 15.8. The molecule has 0 saturated carbocycles. The minimum Gasteiger partial charge on any atom is -0.618 e. The first-order valence-corrected chi connectivity index (χ1v) is 8.79. The molecule has 0 radical (unpaired) electrons. The van der Waals surface area contributed by atoms with E-state index in [1.165, 1.54) is 6.26 Å². The number of rotatable bonds is 6. The lowest BCUT2D eigenvalue weighted by Gasteiger charge is -2.14. The minimum atomic E-state index is -0.617. The highest BCUT2D eigenvalue weighted by atomic mass is 16.7. The molecule has 4 aromatic rings. The van der Waals surface area contributed by atoms with Crippen LogP contribution in [0.1, 0.15) is 5.56 Å². The SMILES string of the molecule is COc1ccc(COn2c(=O)c(-c3ccco3)[n+]([O-])c3ccccc32)cc1OC. The van der Waals surface area contributed by atoms with Gasteiger partial charge in [0.15, 0.2) is 17.0 Å². The quantitative estimate of drug-likeness (QED) is 0.369. The predicted octanol–water partition coefficient (Wildman–Crippen LogP) is 2.54. The zero-order valence-electron chi connectivity index (χ0n) is 15.8. The molecule has 4 rings (SSSR count). The summed E-state index contributed by atoms with van der Waals surface area (Å²) in [7, 11) is 3.10. The maximum absolute atomic E-state index is 13.1. The van der Waals surface area contributed by atoms with Crippen molar-refractivity contribution in [3.8, 4) is 23.0 Å². The van der Waals surface area contributed by atoms with Gasteiger partial charge in [-0.15, -0.1) is 4.73 Å². The molecule has 2 aromatic carbocycles. The molecule has 0 amide bonds. The van der Waals surface area contributed by atoms with Crippen LogP contribution in [-0.4, -0.2) is 19.0 Å². The third kappa shape index (κ3) is 3.25. The highest BCUT2D eigenvalue weighted by molar-refractivity contribution is 5.72. The molecule has 0 aliphatic carbocycles. The van der Waals surface area contributed by atoms with E-state index in [1.807, 2.05) is 0 Å². The van der Waals surface area contributed by atoms with Crippen molar-refractivity contribution >= 4 is 11.0 Å². The van der Waals surface area contributed by atoms with Crippen molar-refractivity contribution in [1.82, 2.24) is 4.73 Å². The van der Waals surface area contributed by atoms with Crippen LogP contribution in [0.5, 0.6) is 11.5 Å². The molecule has 8 nitrogen and oxygen atoms in total. The normalized spacial score (nSPS) is 10.8. The fourth-order valence-corrected chi connectivity index (χ4v) is 3.08. The number of hydrogen-bond donors (Lipinski definition) is 0. The second-order valence-electron chi connectivity index (χ2n) is 6.17. The van der Waals surface area contributed by atoms with Crippen molar-refractivity contribution in [1.29, 1.82) is 0 Å². The average Bonchev–Trinajstić information content (AvgIpc) is 3.28. The Morgan fingerprint density at radius 2 is 1.83 bits per heavy atom. The number of fused-ring (bicyclic) bond motifs is 1. The van der Waals surface area contributed by atoms with E-state index in [0.29, 0.717) is 21.7 Å². The fourth-order valence-electron chi connectivity index (χ4n) is 3.08. The van der Waals surface area contributed by atoms with Crippen LogP contribution in [0.2, 0.25) is 0 Å². The van der Waals surface area contributed by atoms with Gasteiger partial charge in [-0.05, 0) is 35.9 Å². The van der Waals surface area contributed by atoms with Crippen LogP contribution in [0.3, 0.4) is 0 Å². The number of ether oxygens (including phenoxy) is 2. The molecule has 2 heterocycles. The van der Waals surface area contributed by atoms with Crippen LogP contribution in [-0.2, 0) is 6.61 Å². The lowest BCUT2D eigenvalue weighted by Crippen LogP contribution is -2.42. The van der Waals surface area contributed by atoms with Crippen molar-refractivity contribution in [2.24, 2.45) is 0 Å². The summed E-state index contributed by atoms with van der Waals surface area (Å²) >= 11 is 0. The molecule has 0 saturated heterocycles. The lowest BCUT2D eigenvalue weighted by atomic mass is 10.2. The fraction of sp³-hybridized carbons (Fsp3) is 0.143. The molecule has 8 heteroatoms. The number of methoxy groups -OCH3 is 2. The Balaban J connectivity index is 1.79. The molecule has 0 bridgehead atoms. The topological polar surface area (TPSA) is 89.8 Å². The summed E-state index contributed by atoms with van der Waals surface area (Å²) in [6.45, 7) is 0.0741. The highest BCUT2D eigenvalue weighted by Crippen LogP contribution is 2.27. The van der Waals surface area contributed by atoms with Gasteiger partial charge in [0.1, 0.15) is 6.61 Å². The average molecular weight is 394 g/mol. The molecule has 0 spiro atoms. The Bertz CT molecular complexity index is 1210. The predicted molar refractivity (Wildman–Crippen MR) is 105 cm³/mol. The van der Waals surface area contributed by atoms with Crippen LogP contribution in [0, 0.1) is 5.21 Å². The molecule has 29 heavy (non-hydrogen) atoms. The Labute approximate surface area is 165 Å². The molecule has 2 aromatic heterocycles. The smallest absolute Gasteiger partial charge is 0.361 e. The molecule has 0 aliphatic heterocycles. The summed E-state index contributed by atoms with van der Waals surface area (Å²) in [6, 6.07) is 15.2. The van der Waals surface area contributed by atoms with Gasteiger partial charge in [-0.1, -0.05) is 18.2 Å². The number of furan rings is 1. The van der Waals surface area contributed by atoms with Crippen LogP contribution in [0.4, 0.5) is 0 Å². The molecule has 0 N–H and O–H groups in total.